The second-order valence-electron chi connectivity index (χ2n) is 8.63. The van der Waals surface area contributed by atoms with E-state index in [0.29, 0.717) is 6.42 Å². The molecule has 0 heterocycles. The summed E-state index contributed by atoms with van der Waals surface area (Å²) in [5.74, 6) is -0.780. The fourth-order valence-corrected chi connectivity index (χ4v) is 4.95. The Morgan fingerprint density at radius 2 is 1.41 bits per heavy atom. The molecule has 3 atom stereocenters. The summed E-state index contributed by atoms with van der Waals surface area (Å²) >= 11 is 1.17. The van der Waals surface area contributed by atoms with Gasteiger partial charge in [0.05, 0.1) is 24.7 Å². The molecule has 0 spiro atoms. The number of phosphoric ester groups is 1. The Morgan fingerprint density at radius 1 is 0.941 bits per heavy atom. The molecule has 0 aromatic heterocycles. The summed E-state index contributed by atoms with van der Waals surface area (Å²) in [6, 6.07) is 0. The summed E-state index contributed by atoms with van der Waals surface area (Å²) in [4.78, 5) is 22.3. The van der Waals surface area contributed by atoms with E-state index in [9.17, 15) is 19.4 Å². The first-order valence-electron chi connectivity index (χ1n) is 12.6. The molecule has 4 N–H and O–H groups in total. The molecule has 0 aromatic rings. The van der Waals surface area contributed by atoms with Gasteiger partial charge in [-0.05, 0) is 12.8 Å². The number of hydrogen-bond acceptors (Lipinski definition) is 8. The van der Waals surface area contributed by atoms with Gasteiger partial charge in [-0.25, -0.2) is 0 Å². The molecule has 11 heteroatoms. The molecule has 0 saturated carbocycles. The minimum absolute atomic E-state index is 0. The van der Waals surface area contributed by atoms with Gasteiger partial charge in [0.1, 0.15) is 0 Å². The summed E-state index contributed by atoms with van der Waals surface area (Å²) in [6.07, 6.45) is 16.3. The van der Waals surface area contributed by atoms with Crippen LogP contribution in [0.25, 0.3) is 0 Å². The topological polar surface area (TPSA) is 142 Å². The van der Waals surface area contributed by atoms with Crippen LogP contribution < -0.4 is 40.2 Å². The zero-order valence-corrected chi connectivity index (χ0v) is 25.2. The molecule has 34 heavy (non-hydrogen) atoms. The predicted molar refractivity (Wildman–Crippen MR) is 133 cm³/mol. The van der Waals surface area contributed by atoms with Crippen LogP contribution in [0.3, 0.4) is 0 Å². The van der Waals surface area contributed by atoms with Gasteiger partial charge < -0.3 is 29.9 Å². The second kappa shape index (κ2) is 25.5. The number of aliphatic carboxylic acids is 1. The maximum atomic E-state index is 11.8. The molecule has 0 bridgehead atoms. The Morgan fingerprint density at radius 3 is 1.88 bits per heavy atom. The van der Waals surface area contributed by atoms with Gasteiger partial charge in [-0.15, -0.1) is 11.8 Å². The number of unbranched alkanes of at least 4 members (excludes halogenated alkanes) is 13. The van der Waals surface area contributed by atoms with E-state index in [1.807, 2.05) is 0 Å². The third-order valence-electron chi connectivity index (χ3n) is 5.32. The first kappa shape index (κ1) is 37.0. The van der Waals surface area contributed by atoms with E-state index in [4.69, 9.17) is 19.9 Å². The molecule has 3 unspecified atom stereocenters. The molecular formula is C23H47NNaO7PS. The van der Waals surface area contributed by atoms with Crippen molar-refractivity contribution in [1.82, 2.24) is 0 Å². The standard InChI is InChI=1S/C23H48NO7PS.Na/c1-2-3-4-5-6-7-8-9-10-11-12-13-14-15-18-30-32(28,29)31-19-21(25)20-33-22(24)16-17-23(26)27;/h21-22,25H,2-20,24H2,1H3,(H,26,27)(H,28,29);/q;+1/p-1. The maximum absolute atomic E-state index is 11.8. The van der Waals surface area contributed by atoms with Gasteiger partial charge in [-0.1, -0.05) is 90.4 Å². The van der Waals surface area contributed by atoms with Crippen LogP contribution in [0.15, 0.2) is 0 Å². The van der Waals surface area contributed by atoms with Gasteiger partial charge in [-0.2, -0.15) is 0 Å². The first-order valence-corrected chi connectivity index (χ1v) is 15.1. The summed E-state index contributed by atoms with van der Waals surface area (Å²) in [7, 11) is -4.43. The first-order chi connectivity index (χ1) is 15.8. The molecule has 0 fully saturated rings. The van der Waals surface area contributed by atoms with Crippen LogP contribution in [-0.2, 0) is 18.4 Å². The fraction of sp³-hybridized carbons (Fsp3) is 0.957. The number of phosphoric acid groups is 1. The van der Waals surface area contributed by atoms with Crippen molar-refractivity contribution in [3.63, 3.8) is 0 Å². The van der Waals surface area contributed by atoms with Crippen molar-refractivity contribution in [1.29, 1.82) is 0 Å². The number of carboxylic acids is 1. The maximum Gasteiger partial charge on any atom is 1.00 e. The zero-order chi connectivity index (χ0) is 24.8. The van der Waals surface area contributed by atoms with Crippen LogP contribution >= 0.6 is 19.6 Å². The normalized spacial score (nSPS) is 14.8. The SMILES string of the molecule is CCCCCCCCCCCCCCCCOP(=O)([O-])OCC(O)CSC(N)CCC(=O)O.[Na+]. The van der Waals surface area contributed by atoms with Crippen LogP contribution in [0.5, 0.6) is 0 Å². The molecule has 0 amide bonds. The van der Waals surface area contributed by atoms with Gasteiger partial charge in [0.15, 0.2) is 0 Å². The molecule has 198 valence electrons. The summed E-state index contributed by atoms with van der Waals surface area (Å²) in [6.45, 7) is 1.93. The number of thioether (sulfide) groups is 1. The molecule has 0 aliphatic carbocycles. The summed E-state index contributed by atoms with van der Waals surface area (Å²) in [5, 5.41) is 18.0. The largest absolute Gasteiger partial charge is 1.00 e. The van der Waals surface area contributed by atoms with E-state index in [-0.39, 0.29) is 54.8 Å². The number of aliphatic hydroxyl groups is 1. The molecule has 0 radical (unpaired) electrons. The van der Waals surface area contributed by atoms with Crippen LogP contribution in [0.2, 0.25) is 0 Å². The van der Waals surface area contributed by atoms with Crippen LogP contribution in [-0.4, -0.2) is 46.6 Å². The second-order valence-corrected chi connectivity index (χ2v) is 11.3. The van der Waals surface area contributed by atoms with Gasteiger partial charge in [0.2, 0.25) is 0 Å². The Kier molecular flexibility index (Phi) is 27.8. The Balaban J connectivity index is 0. The Hall–Kier alpha value is 0.850. The average Bonchev–Trinajstić information content (AvgIpc) is 2.77. The van der Waals surface area contributed by atoms with Gasteiger partial charge in [-0.3, -0.25) is 9.36 Å². The van der Waals surface area contributed by atoms with Crippen molar-refractivity contribution in [3.8, 4) is 0 Å². The van der Waals surface area contributed by atoms with Crippen molar-refractivity contribution in [2.75, 3.05) is 19.0 Å². The molecule has 0 aromatic carbocycles. The molecule has 8 nitrogen and oxygen atoms in total. The third-order valence-corrected chi connectivity index (χ3v) is 7.52. The van der Waals surface area contributed by atoms with E-state index in [0.717, 1.165) is 12.8 Å². The van der Waals surface area contributed by atoms with Crippen molar-refractivity contribution < 1.29 is 63.1 Å². The smallest absolute Gasteiger partial charge is 0.756 e. The monoisotopic (exact) mass is 535 g/mol. The molecule has 0 rings (SSSR count). The third kappa shape index (κ3) is 27.4. The number of carbonyl (C=O) groups is 1. The summed E-state index contributed by atoms with van der Waals surface area (Å²) in [5.41, 5.74) is 5.73. The number of nitrogens with two attached hydrogens (primary N) is 1. The number of rotatable bonds is 25. The Bertz CT molecular complexity index is 520. The van der Waals surface area contributed by atoms with Crippen molar-refractivity contribution >= 4 is 25.6 Å². The van der Waals surface area contributed by atoms with Crippen molar-refractivity contribution in [3.05, 3.63) is 0 Å². The molecule has 0 aliphatic heterocycles. The minimum Gasteiger partial charge on any atom is -0.756 e. The molecular weight excluding hydrogens is 488 g/mol. The van der Waals surface area contributed by atoms with Crippen LogP contribution in [0.1, 0.15) is 110 Å². The molecule has 0 aliphatic rings. The van der Waals surface area contributed by atoms with Crippen molar-refractivity contribution in [2.24, 2.45) is 5.73 Å². The van der Waals surface area contributed by atoms with Gasteiger partial charge in [0.25, 0.3) is 7.82 Å². The van der Waals surface area contributed by atoms with E-state index in [1.54, 1.807) is 0 Å². The molecule has 0 saturated heterocycles. The summed E-state index contributed by atoms with van der Waals surface area (Å²) < 4.78 is 21.3. The van der Waals surface area contributed by atoms with E-state index in [2.05, 4.69) is 6.92 Å². The van der Waals surface area contributed by atoms with Gasteiger partial charge >= 0.3 is 35.5 Å². The van der Waals surface area contributed by atoms with Crippen LogP contribution in [0.4, 0.5) is 0 Å². The van der Waals surface area contributed by atoms with Gasteiger partial charge in [0, 0.05) is 12.2 Å². The minimum atomic E-state index is -4.43. The fourth-order valence-electron chi connectivity index (χ4n) is 3.32. The zero-order valence-electron chi connectivity index (χ0n) is 21.5. The number of hydrogen-bond donors (Lipinski definition) is 3. The van der Waals surface area contributed by atoms with E-state index in [1.165, 1.54) is 82.4 Å². The number of carboxylic acid groups (broad SMARTS) is 1. The van der Waals surface area contributed by atoms with Crippen LogP contribution in [0, 0.1) is 0 Å². The quantitative estimate of drug-likeness (QED) is 0.0694. The predicted octanol–water partition coefficient (Wildman–Crippen LogP) is 2.22. The van der Waals surface area contributed by atoms with Crippen molar-refractivity contribution in [2.45, 2.75) is 121 Å². The van der Waals surface area contributed by atoms with E-state index < -0.39 is 31.9 Å². The number of aliphatic hydroxyl groups excluding tert-OH is 1. The Labute approximate surface area is 233 Å². The van der Waals surface area contributed by atoms with E-state index >= 15 is 0 Å². The average molecular weight is 536 g/mol.